The standard InChI is InChI=1S/C35H29BClN2Si/c37-30-18-13-23-33(26-30)40(31-19-9-3-10-20-31,32-21-11-4-12-22-32)27-39-25-24-38-35(39)36-34(28-14-5-1-6-15-28)29-16-7-2-8-17-29/h1-26,34H,27H2. The van der Waals surface area contributed by atoms with Gasteiger partial charge in [0.05, 0.1) is 5.72 Å². The van der Waals surface area contributed by atoms with Gasteiger partial charge >= 0.3 is 0 Å². The summed E-state index contributed by atoms with van der Waals surface area (Å²) in [7, 11) is -0.279. The fourth-order valence-corrected chi connectivity index (χ4v) is 10.6. The van der Waals surface area contributed by atoms with Crippen LogP contribution in [0.15, 0.2) is 158 Å². The van der Waals surface area contributed by atoms with E-state index < -0.39 is 8.07 Å². The van der Waals surface area contributed by atoms with Crippen molar-refractivity contribution in [1.82, 2.24) is 9.55 Å². The second-order valence-electron chi connectivity index (χ2n) is 10.0. The van der Waals surface area contributed by atoms with Crippen molar-refractivity contribution >= 4 is 48.2 Å². The fraction of sp³-hybridized carbons (Fsp3) is 0.0571. The predicted molar refractivity (Wildman–Crippen MR) is 171 cm³/mol. The van der Waals surface area contributed by atoms with Crippen molar-refractivity contribution < 1.29 is 0 Å². The molecule has 1 radical (unpaired) electrons. The van der Waals surface area contributed by atoms with Crippen LogP contribution in [0.1, 0.15) is 16.9 Å². The van der Waals surface area contributed by atoms with E-state index in [4.69, 9.17) is 16.6 Å². The summed E-state index contributed by atoms with van der Waals surface area (Å²) in [6, 6.07) is 51.6. The first-order chi connectivity index (χ1) is 19.7. The minimum absolute atomic E-state index is 0.0826. The second kappa shape index (κ2) is 12.0. The Hall–Kier alpha value is -4.12. The lowest BCUT2D eigenvalue weighted by Crippen LogP contribution is -2.70. The van der Waals surface area contributed by atoms with Crippen molar-refractivity contribution in [2.24, 2.45) is 0 Å². The second-order valence-corrected chi connectivity index (χ2v) is 14.3. The summed E-state index contributed by atoms with van der Waals surface area (Å²) in [6.45, 7) is 0. The lowest BCUT2D eigenvalue weighted by atomic mass is 9.58. The molecule has 193 valence electrons. The van der Waals surface area contributed by atoms with Crippen molar-refractivity contribution in [1.29, 1.82) is 0 Å². The number of halogens is 1. The third-order valence-corrected chi connectivity index (χ3v) is 12.6. The Balaban J connectivity index is 1.49. The van der Waals surface area contributed by atoms with Crippen LogP contribution in [0.4, 0.5) is 0 Å². The average Bonchev–Trinajstić information content (AvgIpc) is 3.46. The van der Waals surface area contributed by atoms with Crippen molar-refractivity contribution in [2.75, 3.05) is 0 Å². The largest absolute Gasteiger partial charge is 0.345 e. The molecule has 1 aromatic heterocycles. The quantitative estimate of drug-likeness (QED) is 0.175. The van der Waals surface area contributed by atoms with E-state index in [1.807, 2.05) is 12.3 Å². The highest BCUT2D eigenvalue weighted by Gasteiger charge is 2.40. The fourth-order valence-electron chi connectivity index (χ4n) is 5.70. The van der Waals surface area contributed by atoms with E-state index in [0.29, 0.717) is 0 Å². The molecule has 0 bridgehead atoms. The smallest absolute Gasteiger partial charge is 0.215 e. The zero-order valence-electron chi connectivity index (χ0n) is 22.1. The summed E-state index contributed by atoms with van der Waals surface area (Å²) in [4.78, 5) is 4.89. The van der Waals surface area contributed by atoms with Crippen molar-refractivity contribution in [3.05, 3.63) is 174 Å². The van der Waals surface area contributed by atoms with Crippen LogP contribution in [-0.2, 0) is 6.17 Å². The lowest BCUT2D eigenvalue weighted by molar-refractivity contribution is 0.889. The maximum atomic E-state index is 6.64. The van der Waals surface area contributed by atoms with Gasteiger partial charge in [0.25, 0.3) is 0 Å². The van der Waals surface area contributed by atoms with Gasteiger partial charge in [-0.3, -0.25) is 4.98 Å². The summed E-state index contributed by atoms with van der Waals surface area (Å²) in [5.74, 6) is 0.0826. The predicted octanol–water partition coefficient (Wildman–Crippen LogP) is 5.37. The zero-order valence-corrected chi connectivity index (χ0v) is 23.9. The Labute approximate surface area is 243 Å². The maximum Gasteiger partial charge on any atom is 0.215 e. The van der Waals surface area contributed by atoms with Crippen LogP contribution in [0, 0.1) is 0 Å². The number of imidazole rings is 1. The van der Waals surface area contributed by atoms with Crippen molar-refractivity contribution in [2.45, 2.75) is 12.0 Å². The van der Waals surface area contributed by atoms with Gasteiger partial charge in [-0.25, -0.2) is 0 Å². The van der Waals surface area contributed by atoms with E-state index in [1.165, 1.54) is 26.7 Å². The minimum atomic E-state index is -2.58. The first-order valence-electron chi connectivity index (χ1n) is 13.6. The first kappa shape index (κ1) is 26.1. The summed E-state index contributed by atoms with van der Waals surface area (Å²) in [6.07, 6.45) is 4.84. The molecule has 40 heavy (non-hydrogen) atoms. The number of nitrogens with zero attached hydrogens (tertiary/aromatic N) is 2. The van der Waals surface area contributed by atoms with Crippen molar-refractivity contribution in [3.8, 4) is 0 Å². The summed E-state index contributed by atoms with van der Waals surface area (Å²) in [5, 5.41) is 4.71. The Bertz CT molecular complexity index is 1580. The highest BCUT2D eigenvalue weighted by atomic mass is 35.5. The topological polar surface area (TPSA) is 17.8 Å². The molecule has 2 nitrogen and oxygen atoms in total. The monoisotopic (exact) mass is 551 g/mol. The molecule has 0 spiro atoms. The van der Waals surface area contributed by atoms with Gasteiger partial charge in [0.15, 0.2) is 8.07 Å². The lowest BCUT2D eigenvalue weighted by Gasteiger charge is -2.35. The normalized spacial score (nSPS) is 11.4. The average molecular weight is 552 g/mol. The van der Waals surface area contributed by atoms with E-state index in [2.05, 4.69) is 158 Å². The van der Waals surface area contributed by atoms with Gasteiger partial charge in [0, 0.05) is 23.6 Å². The first-order valence-corrected chi connectivity index (χ1v) is 16.2. The molecule has 0 N–H and O–H groups in total. The van der Waals surface area contributed by atoms with Gasteiger partial charge in [-0.2, -0.15) is 0 Å². The van der Waals surface area contributed by atoms with Crippen LogP contribution >= 0.6 is 11.6 Å². The highest BCUT2D eigenvalue weighted by Crippen LogP contribution is 2.23. The molecule has 0 amide bonds. The number of hydrogen-bond acceptors (Lipinski definition) is 1. The molecule has 0 saturated heterocycles. The molecule has 6 rings (SSSR count). The van der Waals surface area contributed by atoms with E-state index >= 15 is 0 Å². The number of aromatic nitrogens is 2. The number of benzene rings is 5. The maximum absolute atomic E-state index is 6.64. The van der Waals surface area contributed by atoms with Crippen molar-refractivity contribution in [3.63, 3.8) is 0 Å². The van der Waals surface area contributed by atoms with Gasteiger partial charge in [0.1, 0.15) is 0 Å². The van der Waals surface area contributed by atoms with Gasteiger partial charge in [-0.1, -0.05) is 145 Å². The summed E-state index contributed by atoms with van der Waals surface area (Å²) in [5.41, 5.74) is 3.45. The molecule has 5 heteroatoms. The molecule has 0 aliphatic carbocycles. The molecular weight excluding hydrogens is 523 g/mol. The Morgan fingerprint density at radius 2 is 1.12 bits per heavy atom. The van der Waals surface area contributed by atoms with Crippen LogP contribution in [0.2, 0.25) is 5.02 Å². The molecule has 0 aliphatic rings. The van der Waals surface area contributed by atoms with Crippen LogP contribution in [0.3, 0.4) is 0 Å². The molecule has 1 heterocycles. The number of hydrogen-bond donors (Lipinski definition) is 0. The third-order valence-electron chi connectivity index (χ3n) is 7.64. The molecular formula is C35H29BClN2Si. The van der Waals surface area contributed by atoms with Crippen LogP contribution in [-0.4, -0.2) is 24.9 Å². The molecule has 0 aliphatic heterocycles. The van der Waals surface area contributed by atoms with Crippen LogP contribution in [0.5, 0.6) is 0 Å². The van der Waals surface area contributed by atoms with Crippen LogP contribution in [0.25, 0.3) is 0 Å². The molecule has 0 unspecified atom stereocenters. The van der Waals surface area contributed by atoms with E-state index in [0.717, 1.165) is 16.9 Å². The van der Waals surface area contributed by atoms with Gasteiger partial charge < -0.3 is 4.57 Å². The Morgan fingerprint density at radius 3 is 1.65 bits per heavy atom. The molecule has 5 aromatic carbocycles. The Morgan fingerprint density at radius 1 is 0.625 bits per heavy atom. The van der Waals surface area contributed by atoms with E-state index in [9.17, 15) is 0 Å². The molecule has 0 atom stereocenters. The molecule has 6 aromatic rings. The van der Waals surface area contributed by atoms with Gasteiger partial charge in [0.2, 0.25) is 7.28 Å². The summed E-state index contributed by atoms with van der Waals surface area (Å²) < 4.78 is 2.34. The molecule has 0 saturated carbocycles. The zero-order chi connectivity index (χ0) is 27.2. The van der Waals surface area contributed by atoms with E-state index in [-0.39, 0.29) is 5.82 Å². The Kier molecular flexibility index (Phi) is 7.81. The van der Waals surface area contributed by atoms with E-state index in [1.54, 1.807) is 0 Å². The minimum Gasteiger partial charge on any atom is -0.345 e. The van der Waals surface area contributed by atoms with Crippen LogP contribution < -0.4 is 21.3 Å². The number of rotatable bonds is 9. The summed E-state index contributed by atoms with van der Waals surface area (Å²) >= 11 is 6.64. The SMILES string of the molecule is Clc1cccc([Si](Cn2ccnc2[B]C(c2ccccc2)c2ccccc2)(c2ccccc2)c2ccccc2)c1. The molecule has 0 fully saturated rings. The third kappa shape index (κ3) is 5.33. The van der Waals surface area contributed by atoms with Gasteiger partial charge in [-0.15, -0.1) is 0 Å². The highest BCUT2D eigenvalue weighted by molar-refractivity contribution is 7.10. The van der Waals surface area contributed by atoms with Gasteiger partial charge in [-0.05, 0) is 44.6 Å².